The Morgan fingerprint density at radius 3 is 1.60 bits per heavy atom. The van der Waals surface area contributed by atoms with Crippen molar-refractivity contribution < 1.29 is 32.7 Å². The third-order valence-corrected chi connectivity index (χ3v) is 0.843. The molecule has 0 bridgehead atoms. The van der Waals surface area contributed by atoms with E-state index in [0.29, 0.717) is 0 Å². The van der Waals surface area contributed by atoms with E-state index < -0.39 is 0 Å². The Bertz CT molecular complexity index is 135. The van der Waals surface area contributed by atoms with Crippen molar-refractivity contribution in [1.82, 2.24) is 0 Å². The maximum absolute atomic E-state index is 3.72. The van der Waals surface area contributed by atoms with Gasteiger partial charge >= 0.3 is 0 Å². The van der Waals surface area contributed by atoms with Crippen molar-refractivity contribution >= 4 is 0 Å². The summed E-state index contributed by atoms with van der Waals surface area (Å²) in [4.78, 5) is 0. The van der Waals surface area contributed by atoms with Crippen LogP contribution in [0.2, 0.25) is 0 Å². The van der Waals surface area contributed by atoms with Crippen molar-refractivity contribution in [2.45, 2.75) is 13.8 Å². The average Bonchev–Trinajstić information content (AvgIpc) is 1.94. The number of rotatable bonds is 0. The molecule has 0 saturated heterocycles. The SMILES string of the molecule is CC.[CH2-]c1ccccc1.[Y]. The fraction of sp³-hybridized carbons (Fsp3) is 0.222. The zero-order chi connectivity index (χ0) is 7.11. The quantitative estimate of drug-likeness (QED) is 0.577. The summed E-state index contributed by atoms with van der Waals surface area (Å²) >= 11 is 0. The fourth-order valence-corrected chi connectivity index (χ4v) is 0.478. The van der Waals surface area contributed by atoms with Crippen LogP contribution in [0.15, 0.2) is 30.3 Å². The molecule has 0 aliphatic rings. The van der Waals surface area contributed by atoms with Gasteiger partial charge in [0.15, 0.2) is 0 Å². The standard InChI is InChI=1S/C7H7.C2H6.Y/c1-7-5-3-2-4-6-7;1-2;/h2-6H,1H2;1-2H3;/q-1;;. The second-order valence-corrected chi connectivity index (χ2v) is 1.49. The maximum Gasteiger partial charge on any atom is 0 e. The van der Waals surface area contributed by atoms with E-state index in [1.165, 1.54) is 0 Å². The first kappa shape index (κ1) is 12.8. The minimum absolute atomic E-state index is 0. The second-order valence-electron chi connectivity index (χ2n) is 1.49. The molecule has 0 unspecified atom stereocenters. The monoisotopic (exact) mass is 210 g/mol. The van der Waals surface area contributed by atoms with E-state index in [1.807, 2.05) is 44.2 Å². The van der Waals surface area contributed by atoms with E-state index in [4.69, 9.17) is 0 Å². The average molecular weight is 210 g/mol. The molecule has 0 fully saturated rings. The van der Waals surface area contributed by atoms with Gasteiger partial charge in [-0.05, 0) is 0 Å². The van der Waals surface area contributed by atoms with Crippen LogP contribution in [0.3, 0.4) is 0 Å². The minimum Gasteiger partial charge on any atom is -0.199 e. The molecule has 0 aliphatic carbocycles. The van der Waals surface area contributed by atoms with E-state index in [-0.39, 0.29) is 32.7 Å². The molecule has 1 aromatic carbocycles. The second kappa shape index (κ2) is 9.19. The Labute approximate surface area is 88.9 Å². The topological polar surface area (TPSA) is 0 Å². The van der Waals surface area contributed by atoms with Crippen LogP contribution in [0.1, 0.15) is 19.4 Å². The maximum atomic E-state index is 3.72. The van der Waals surface area contributed by atoms with Crippen molar-refractivity contribution in [3.63, 3.8) is 0 Å². The molecule has 0 aliphatic heterocycles. The smallest absolute Gasteiger partial charge is 0 e. The largest absolute Gasteiger partial charge is 0.199 e. The molecule has 0 spiro atoms. The summed E-state index contributed by atoms with van der Waals surface area (Å²) in [5.41, 5.74) is 1.07. The van der Waals surface area contributed by atoms with Crippen molar-refractivity contribution in [2.24, 2.45) is 0 Å². The van der Waals surface area contributed by atoms with Gasteiger partial charge in [0.1, 0.15) is 0 Å². The van der Waals surface area contributed by atoms with Gasteiger partial charge in [0, 0.05) is 32.7 Å². The molecule has 0 heterocycles. The molecule has 1 radical (unpaired) electrons. The summed E-state index contributed by atoms with van der Waals surface area (Å²) in [7, 11) is 0. The summed E-state index contributed by atoms with van der Waals surface area (Å²) in [6.07, 6.45) is 0. The number of hydrogen-bond acceptors (Lipinski definition) is 0. The molecule has 10 heavy (non-hydrogen) atoms. The summed E-state index contributed by atoms with van der Waals surface area (Å²) < 4.78 is 0. The first-order valence-electron chi connectivity index (χ1n) is 3.26. The molecule has 0 nitrogen and oxygen atoms in total. The normalized spacial score (nSPS) is 6.60. The zero-order valence-electron chi connectivity index (χ0n) is 6.67. The van der Waals surface area contributed by atoms with Gasteiger partial charge in [0.25, 0.3) is 0 Å². The van der Waals surface area contributed by atoms with Gasteiger partial charge in [0.2, 0.25) is 0 Å². The van der Waals surface area contributed by atoms with Crippen LogP contribution in [-0.2, 0) is 32.7 Å². The molecular formula is C9H13Y-. The summed E-state index contributed by atoms with van der Waals surface area (Å²) in [6, 6.07) is 9.87. The molecular weight excluding hydrogens is 197 g/mol. The van der Waals surface area contributed by atoms with Crippen molar-refractivity contribution in [3.8, 4) is 0 Å². The molecule has 1 heteroatoms. The van der Waals surface area contributed by atoms with E-state index in [0.717, 1.165) is 5.56 Å². The number of benzene rings is 1. The summed E-state index contributed by atoms with van der Waals surface area (Å²) in [5, 5.41) is 0. The Kier molecular flexibility index (Phi) is 11.8. The van der Waals surface area contributed by atoms with E-state index in [2.05, 4.69) is 6.92 Å². The molecule has 0 aromatic heterocycles. The van der Waals surface area contributed by atoms with Gasteiger partial charge in [-0.25, -0.2) is 0 Å². The molecule has 53 valence electrons. The molecule has 1 rings (SSSR count). The predicted molar refractivity (Wildman–Crippen MR) is 42.2 cm³/mol. The zero-order valence-corrected chi connectivity index (χ0v) is 9.51. The van der Waals surface area contributed by atoms with Crippen LogP contribution in [0.5, 0.6) is 0 Å². The summed E-state index contributed by atoms with van der Waals surface area (Å²) in [5.74, 6) is 0. The van der Waals surface area contributed by atoms with Crippen LogP contribution >= 0.6 is 0 Å². The van der Waals surface area contributed by atoms with Crippen LogP contribution in [0, 0.1) is 6.92 Å². The Hall–Kier alpha value is 0.194. The fourth-order valence-electron chi connectivity index (χ4n) is 0.478. The van der Waals surface area contributed by atoms with E-state index >= 15 is 0 Å². The molecule has 0 N–H and O–H groups in total. The predicted octanol–water partition coefficient (Wildman–Crippen LogP) is 2.89. The van der Waals surface area contributed by atoms with E-state index in [1.54, 1.807) is 0 Å². The van der Waals surface area contributed by atoms with Gasteiger partial charge in [-0.1, -0.05) is 19.9 Å². The van der Waals surface area contributed by atoms with Crippen molar-refractivity contribution in [3.05, 3.63) is 42.8 Å². The first-order valence-corrected chi connectivity index (χ1v) is 3.26. The van der Waals surface area contributed by atoms with Crippen LogP contribution in [0.25, 0.3) is 0 Å². The Balaban J connectivity index is 0. The van der Waals surface area contributed by atoms with Crippen LogP contribution in [-0.4, -0.2) is 0 Å². The molecule has 1 aromatic rings. The minimum atomic E-state index is 0. The third-order valence-electron chi connectivity index (χ3n) is 0.843. The van der Waals surface area contributed by atoms with Gasteiger partial charge < -0.3 is 0 Å². The first-order chi connectivity index (χ1) is 4.39. The number of hydrogen-bond donors (Lipinski definition) is 0. The molecule has 0 atom stereocenters. The van der Waals surface area contributed by atoms with Crippen LogP contribution < -0.4 is 0 Å². The van der Waals surface area contributed by atoms with Crippen molar-refractivity contribution in [2.75, 3.05) is 0 Å². The van der Waals surface area contributed by atoms with Gasteiger partial charge in [-0.2, -0.15) is 24.6 Å². The third kappa shape index (κ3) is 6.32. The van der Waals surface area contributed by atoms with Gasteiger partial charge in [0.05, 0.1) is 0 Å². The summed E-state index contributed by atoms with van der Waals surface area (Å²) in [6.45, 7) is 7.72. The van der Waals surface area contributed by atoms with Gasteiger partial charge in [-0.15, -0.1) is 12.1 Å². The van der Waals surface area contributed by atoms with E-state index in [9.17, 15) is 0 Å². The van der Waals surface area contributed by atoms with Crippen LogP contribution in [0.4, 0.5) is 0 Å². The Morgan fingerprint density at radius 1 is 1.00 bits per heavy atom. The Morgan fingerprint density at radius 2 is 1.40 bits per heavy atom. The van der Waals surface area contributed by atoms with Gasteiger partial charge in [-0.3, -0.25) is 0 Å². The molecule has 0 saturated carbocycles. The molecule has 0 amide bonds. The van der Waals surface area contributed by atoms with Crippen molar-refractivity contribution in [1.29, 1.82) is 0 Å².